The number of amides is 2. The Labute approximate surface area is 139 Å². The van der Waals surface area contributed by atoms with E-state index in [1.165, 1.54) is 13.1 Å². The molecule has 0 spiro atoms. The summed E-state index contributed by atoms with van der Waals surface area (Å²) in [6, 6.07) is 10.6. The number of pyridine rings is 1. The second-order valence-corrected chi connectivity index (χ2v) is 5.47. The van der Waals surface area contributed by atoms with Gasteiger partial charge in [-0.1, -0.05) is 12.1 Å². The SMILES string of the molecule is COc1ccc(CNC(=O)[C@@]2(C)Oc3cccnc3NC2=O)cc1. The number of carbonyl (C=O) groups excluding carboxylic acids is 2. The van der Waals surface area contributed by atoms with Gasteiger partial charge in [0.1, 0.15) is 5.75 Å². The van der Waals surface area contributed by atoms with Gasteiger partial charge < -0.3 is 20.1 Å². The van der Waals surface area contributed by atoms with Gasteiger partial charge in [0.2, 0.25) is 0 Å². The molecule has 3 rings (SSSR count). The summed E-state index contributed by atoms with van der Waals surface area (Å²) < 4.78 is 10.7. The normalized spacial score (nSPS) is 18.8. The number of nitrogens with one attached hydrogen (secondary N) is 2. The number of rotatable bonds is 4. The number of anilines is 1. The lowest BCUT2D eigenvalue weighted by Crippen LogP contribution is -2.58. The Hall–Kier alpha value is -3.09. The van der Waals surface area contributed by atoms with Gasteiger partial charge in [-0.3, -0.25) is 9.59 Å². The largest absolute Gasteiger partial charge is 0.497 e. The van der Waals surface area contributed by atoms with E-state index in [4.69, 9.17) is 9.47 Å². The lowest BCUT2D eigenvalue weighted by Gasteiger charge is -2.32. The third kappa shape index (κ3) is 2.88. The van der Waals surface area contributed by atoms with Crippen molar-refractivity contribution in [3.8, 4) is 11.5 Å². The molecule has 0 radical (unpaired) electrons. The van der Waals surface area contributed by atoms with Crippen molar-refractivity contribution in [2.75, 3.05) is 12.4 Å². The predicted octanol–water partition coefficient (Wildman–Crippen LogP) is 1.50. The molecule has 2 aromatic rings. The maximum atomic E-state index is 12.5. The number of ether oxygens (including phenoxy) is 2. The summed E-state index contributed by atoms with van der Waals surface area (Å²) in [4.78, 5) is 28.8. The quantitative estimate of drug-likeness (QED) is 0.831. The van der Waals surface area contributed by atoms with Crippen LogP contribution in [0.3, 0.4) is 0 Å². The van der Waals surface area contributed by atoms with Crippen LogP contribution in [0.25, 0.3) is 0 Å². The molecule has 1 aliphatic heterocycles. The Morgan fingerprint density at radius 3 is 2.79 bits per heavy atom. The fourth-order valence-corrected chi connectivity index (χ4v) is 2.30. The van der Waals surface area contributed by atoms with E-state index in [1.807, 2.05) is 12.1 Å². The van der Waals surface area contributed by atoms with Crippen LogP contribution >= 0.6 is 0 Å². The second kappa shape index (κ2) is 6.19. The van der Waals surface area contributed by atoms with E-state index < -0.39 is 17.4 Å². The molecular formula is C17H17N3O4. The van der Waals surface area contributed by atoms with Crippen LogP contribution in [0.5, 0.6) is 11.5 Å². The van der Waals surface area contributed by atoms with E-state index in [1.54, 1.807) is 31.4 Å². The molecule has 2 N–H and O–H groups in total. The lowest BCUT2D eigenvalue weighted by atomic mass is 10.0. The average molecular weight is 327 g/mol. The monoisotopic (exact) mass is 327 g/mol. The molecule has 2 heterocycles. The zero-order valence-corrected chi connectivity index (χ0v) is 13.3. The van der Waals surface area contributed by atoms with Crippen LogP contribution in [0.1, 0.15) is 12.5 Å². The minimum absolute atomic E-state index is 0.273. The van der Waals surface area contributed by atoms with E-state index in [0.29, 0.717) is 11.6 Å². The highest BCUT2D eigenvalue weighted by Crippen LogP contribution is 2.31. The maximum absolute atomic E-state index is 12.5. The van der Waals surface area contributed by atoms with Gasteiger partial charge in [0, 0.05) is 12.7 Å². The Kier molecular flexibility index (Phi) is 4.07. The summed E-state index contributed by atoms with van der Waals surface area (Å²) in [6.07, 6.45) is 1.54. The van der Waals surface area contributed by atoms with Gasteiger partial charge in [-0.2, -0.15) is 0 Å². The first-order valence-electron chi connectivity index (χ1n) is 7.39. The standard InChI is InChI=1S/C17H17N3O4/c1-17(16(22)20-14-13(24-17)4-3-9-18-14)15(21)19-10-11-5-7-12(23-2)8-6-11/h3-9H,10H2,1-2H3,(H,19,21)(H,18,20,22)/t17-/m1/s1. The number of nitrogens with zero attached hydrogens (tertiary/aromatic N) is 1. The lowest BCUT2D eigenvalue weighted by molar-refractivity contribution is -0.146. The number of carbonyl (C=O) groups is 2. The Bertz CT molecular complexity index is 776. The Balaban J connectivity index is 1.70. The summed E-state index contributed by atoms with van der Waals surface area (Å²) in [5.74, 6) is 0.324. The maximum Gasteiger partial charge on any atom is 0.279 e. The third-order valence-corrected chi connectivity index (χ3v) is 3.80. The van der Waals surface area contributed by atoms with E-state index in [2.05, 4.69) is 15.6 Å². The number of benzene rings is 1. The Morgan fingerprint density at radius 2 is 2.08 bits per heavy atom. The molecule has 1 atom stereocenters. The molecule has 2 amide bonds. The van der Waals surface area contributed by atoms with Crippen molar-refractivity contribution >= 4 is 17.6 Å². The zero-order valence-electron chi connectivity index (χ0n) is 13.3. The summed E-state index contributed by atoms with van der Waals surface area (Å²) in [5.41, 5.74) is -0.770. The van der Waals surface area contributed by atoms with E-state index in [9.17, 15) is 9.59 Å². The van der Waals surface area contributed by atoms with Gasteiger partial charge in [0.05, 0.1) is 7.11 Å². The minimum Gasteiger partial charge on any atom is -0.497 e. The van der Waals surface area contributed by atoms with Gasteiger partial charge >= 0.3 is 0 Å². The second-order valence-electron chi connectivity index (χ2n) is 5.47. The predicted molar refractivity (Wildman–Crippen MR) is 86.7 cm³/mol. The molecule has 1 aromatic carbocycles. The molecule has 24 heavy (non-hydrogen) atoms. The van der Waals surface area contributed by atoms with Crippen molar-refractivity contribution < 1.29 is 19.1 Å². The highest BCUT2D eigenvalue weighted by atomic mass is 16.5. The molecule has 124 valence electrons. The Morgan fingerprint density at radius 1 is 1.33 bits per heavy atom. The first-order valence-corrected chi connectivity index (χ1v) is 7.39. The van der Waals surface area contributed by atoms with E-state index in [0.717, 1.165) is 11.3 Å². The van der Waals surface area contributed by atoms with Crippen molar-refractivity contribution in [1.29, 1.82) is 0 Å². The zero-order chi connectivity index (χ0) is 17.2. The van der Waals surface area contributed by atoms with Gasteiger partial charge in [-0.15, -0.1) is 0 Å². The van der Waals surface area contributed by atoms with Crippen molar-refractivity contribution in [2.24, 2.45) is 0 Å². The smallest absolute Gasteiger partial charge is 0.279 e. The number of aromatic nitrogens is 1. The fraction of sp³-hybridized carbons (Fsp3) is 0.235. The summed E-state index contributed by atoms with van der Waals surface area (Å²) in [6.45, 7) is 1.70. The van der Waals surface area contributed by atoms with Gasteiger partial charge in [-0.05, 0) is 36.8 Å². The highest BCUT2D eigenvalue weighted by Gasteiger charge is 2.47. The van der Waals surface area contributed by atoms with Crippen LogP contribution in [0, 0.1) is 0 Å². The summed E-state index contributed by atoms with van der Waals surface area (Å²) in [5, 5.41) is 5.31. The molecule has 7 heteroatoms. The van der Waals surface area contributed by atoms with Gasteiger partial charge in [0.25, 0.3) is 17.4 Å². The molecule has 0 unspecified atom stereocenters. The molecular weight excluding hydrogens is 310 g/mol. The molecule has 1 aromatic heterocycles. The highest BCUT2D eigenvalue weighted by molar-refractivity contribution is 6.15. The van der Waals surface area contributed by atoms with Crippen molar-refractivity contribution in [1.82, 2.24) is 10.3 Å². The van der Waals surface area contributed by atoms with Crippen molar-refractivity contribution in [3.05, 3.63) is 48.2 Å². The molecule has 1 aliphatic rings. The summed E-state index contributed by atoms with van der Waals surface area (Å²) >= 11 is 0. The minimum atomic E-state index is -1.65. The number of hydrogen-bond donors (Lipinski definition) is 2. The molecule has 0 saturated heterocycles. The van der Waals surface area contributed by atoms with Crippen LogP contribution in [0.4, 0.5) is 5.82 Å². The number of fused-ring (bicyclic) bond motifs is 1. The first kappa shape index (κ1) is 15.8. The van der Waals surface area contributed by atoms with Crippen LogP contribution in [-0.2, 0) is 16.1 Å². The van der Waals surface area contributed by atoms with E-state index in [-0.39, 0.29) is 6.54 Å². The van der Waals surface area contributed by atoms with E-state index >= 15 is 0 Å². The van der Waals surface area contributed by atoms with Gasteiger partial charge in [0.15, 0.2) is 11.6 Å². The van der Waals surface area contributed by atoms with Crippen LogP contribution in [0.2, 0.25) is 0 Å². The number of methoxy groups -OCH3 is 1. The first-order chi connectivity index (χ1) is 11.5. The topological polar surface area (TPSA) is 89.6 Å². The molecule has 0 bridgehead atoms. The van der Waals surface area contributed by atoms with Crippen molar-refractivity contribution in [3.63, 3.8) is 0 Å². The fourth-order valence-electron chi connectivity index (χ4n) is 2.30. The third-order valence-electron chi connectivity index (χ3n) is 3.80. The summed E-state index contributed by atoms with van der Waals surface area (Å²) in [7, 11) is 1.59. The van der Waals surface area contributed by atoms with Crippen molar-refractivity contribution in [2.45, 2.75) is 19.1 Å². The van der Waals surface area contributed by atoms with Crippen LogP contribution < -0.4 is 20.1 Å². The average Bonchev–Trinajstić information content (AvgIpc) is 2.61. The number of hydrogen-bond acceptors (Lipinski definition) is 5. The van der Waals surface area contributed by atoms with Gasteiger partial charge in [-0.25, -0.2) is 4.98 Å². The molecule has 0 aliphatic carbocycles. The molecule has 0 fully saturated rings. The van der Waals surface area contributed by atoms with Crippen LogP contribution in [-0.4, -0.2) is 29.5 Å². The van der Waals surface area contributed by atoms with Crippen LogP contribution in [0.15, 0.2) is 42.6 Å². The molecule has 0 saturated carbocycles. The molecule has 7 nitrogen and oxygen atoms in total.